The van der Waals surface area contributed by atoms with Gasteiger partial charge < -0.3 is 0 Å². The number of fused-ring (bicyclic) bond motifs is 1. The number of pyridine rings is 1. The molecule has 2 rings (SSSR count). The third-order valence-electron chi connectivity index (χ3n) is 2.29. The van der Waals surface area contributed by atoms with Gasteiger partial charge in [0.15, 0.2) is 0 Å². The Balaban J connectivity index is 0.000000531. The van der Waals surface area contributed by atoms with Crippen LogP contribution in [-0.2, 0) is 6.42 Å². The minimum Gasteiger partial charge on any atom is -0.256 e. The fourth-order valence-corrected chi connectivity index (χ4v) is 1.50. The minimum atomic E-state index is 1.07. The third-order valence-corrected chi connectivity index (χ3v) is 2.29. The summed E-state index contributed by atoms with van der Waals surface area (Å²) in [5.41, 5.74) is 3.67. The second-order valence-corrected chi connectivity index (χ2v) is 3.39. The van der Waals surface area contributed by atoms with E-state index in [1.54, 1.807) is 0 Å². The number of nitrogens with zero attached hydrogens (tertiary/aromatic N) is 1. The first-order valence-electron chi connectivity index (χ1n) is 5.65. The molecule has 0 atom stereocenters. The topological polar surface area (TPSA) is 12.9 Å². The second-order valence-electron chi connectivity index (χ2n) is 3.39. The van der Waals surface area contributed by atoms with E-state index in [0.29, 0.717) is 0 Å². The lowest BCUT2D eigenvalue weighted by molar-refractivity contribution is 1.14. The van der Waals surface area contributed by atoms with Crippen LogP contribution in [0.25, 0.3) is 10.9 Å². The molecule has 1 heteroatoms. The van der Waals surface area contributed by atoms with Crippen molar-refractivity contribution in [3.8, 4) is 0 Å². The van der Waals surface area contributed by atoms with Gasteiger partial charge in [-0.3, -0.25) is 4.98 Å². The van der Waals surface area contributed by atoms with Crippen molar-refractivity contribution in [1.29, 1.82) is 0 Å². The van der Waals surface area contributed by atoms with Crippen LogP contribution in [0.3, 0.4) is 0 Å². The van der Waals surface area contributed by atoms with Crippen molar-refractivity contribution in [2.45, 2.75) is 34.1 Å². The lowest BCUT2D eigenvalue weighted by Gasteiger charge is -2.00. The van der Waals surface area contributed by atoms with Crippen LogP contribution in [0.5, 0.6) is 0 Å². The van der Waals surface area contributed by atoms with Gasteiger partial charge in [-0.05, 0) is 36.6 Å². The molecule has 0 fully saturated rings. The molecule has 0 unspecified atom stereocenters. The van der Waals surface area contributed by atoms with E-state index < -0.39 is 0 Å². The van der Waals surface area contributed by atoms with Crippen molar-refractivity contribution in [3.63, 3.8) is 0 Å². The molecule has 0 spiro atoms. The van der Waals surface area contributed by atoms with Gasteiger partial charge in [-0.15, -0.1) is 0 Å². The molecule has 1 aromatic heterocycles. The van der Waals surface area contributed by atoms with Crippen molar-refractivity contribution in [3.05, 3.63) is 41.6 Å². The van der Waals surface area contributed by atoms with E-state index in [1.807, 2.05) is 20.0 Å². The van der Waals surface area contributed by atoms with Gasteiger partial charge in [-0.2, -0.15) is 0 Å². The number of hydrogen-bond donors (Lipinski definition) is 0. The van der Waals surface area contributed by atoms with E-state index in [4.69, 9.17) is 0 Å². The lowest BCUT2D eigenvalue weighted by Crippen LogP contribution is -1.84. The summed E-state index contributed by atoms with van der Waals surface area (Å²) in [5, 5.41) is 1.23. The number of benzene rings is 1. The highest BCUT2D eigenvalue weighted by Crippen LogP contribution is 2.15. The van der Waals surface area contributed by atoms with E-state index in [1.165, 1.54) is 16.5 Å². The molecule has 0 amide bonds. The summed E-state index contributed by atoms with van der Waals surface area (Å²) in [7, 11) is 0. The number of rotatable bonds is 1. The average Bonchev–Trinajstić information content (AvgIpc) is 2.31. The summed E-state index contributed by atoms with van der Waals surface area (Å²) in [6.07, 6.45) is 2.99. The largest absolute Gasteiger partial charge is 0.256 e. The Labute approximate surface area is 92.2 Å². The fraction of sp³-hybridized carbons (Fsp3) is 0.357. The average molecular weight is 201 g/mol. The molecule has 0 N–H and O–H groups in total. The molecule has 0 saturated heterocycles. The Morgan fingerprint density at radius 1 is 1.13 bits per heavy atom. The van der Waals surface area contributed by atoms with Gasteiger partial charge in [-0.1, -0.05) is 32.9 Å². The van der Waals surface area contributed by atoms with E-state index in [-0.39, 0.29) is 0 Å². The van der Waals surface area contributed by atoms with Crippen LogP contribution >= 0.6 is 0 Å². The standard InChI is InChI=1S/C12H13N.C2H6/c1-3-10-4-5-11-6-9(2)8-13-12(11)7-10;1-2/h4-8H,3H2,1-2H3;1-2H3. The van der Waals surface area contributed by atoms with Crippen LogP contribution in [0.2, 0.25) is 0 Å². The van der Waals surface area contributed by atoms with Crippen molar-refractivity contribution >= 4 is 10.9 Å². The van der Waals surface area contributed by atoms with Gasteiger partial charge in [0, 0.05) is 11.6 Å². The Morgan fingerprint density at radius 2 is 1.87 bits per heavy atom. The zero-order chi connectivity index (χ0) is 11.3. The molecule has 0 aliphatic heterocycles. The summed E-state index contributed by atoms with van der Waals surface area (Å²) in [6, 6.07) is 8.65. The van der Waals surface area contributed by atoms with Crippen LogP contribution in [0.15, 0.2) is 30.5 Å². The molecule has 15 heavy (non-hydrogen) atoms. The summed E-state index contributed by atoms with van der Waals surface area (Å²) >= 11 is 0. The summed E-state index contributed by atoms with van der Waals surface area (Å²) < 4.78 is 0. The first-order valence-corrected chi connectivity index (χ1v) is 5.65. The molecular weight excluding hydrogens is 182 g/mol. The highest BCUT2D eigenvalue weighted by molar-refractivity contribution is 5.79. The molecule has 0 aliphatic rings. The van der Waals surface area contributed by atoms with Crippen LogP contribution in [0.1, 0.15) is 31.9 Å². The number of aromatic nitrogens is 1. The quantitative estimate of drug-likeness (QED) is 0.676. The van der Waals surface area contributed by atoms with Crippen molar-refractivity contribution < 1.29 is 0 Å². The second kappa shape index (κ2) is 5.50. The molecule has 2 aromatic rings. The van der Waals surface area contributed by atoms with E-state index in [0.717, 1.165) is 11.9 Å². The van der Waals surface area contributed by atoms with Gasteiger partial charge in [0.25, 0.3) is 0 Å². The Hall–Kier alpha value is -1.37. The molecule has 1 nitrogen and oxygen atoms in total. The molecule has 1 aromatic carbocycles. The SMILES string of the molecule is CC.CCc1ccc2cc(C)cnc2c1. The van der Waals surface area contributed by atoms with Gasteiger partial charge in [0.05, 0.1) is 5.52 Å². The first kappa shape index (κ1) is 11.7. The number of hydrogen-bond acceptors (Lipinski definition) is 1. The predicted molar refractivity (Wildman–Crippen MR) is 67.2 cm³/mol. The molecule has 0 radical (unpaired) electrons. The van der Waals surface area contributed by atoms with Gasteiger partial charge >= 0.3 is 0 Å². The Bertz CT molecular complexity index is 432. The van der Waals surface area contributed by atoms with E-state index in [2.05, 4.69) is 43.1 Å². The molecule has 0 bridgehead atoms. The Morgan fingerprint density at radius 3 is 2.53 bits per heavy atom. The molecule has 0 saturated carbocycles. The van der Waals surface area contributed by atoms with Gasteiger partial charge in [0.1, 0.15) is 0 Å². The smallest absolute Gasteiger partial charge is 0.0704 e. The first-order chi connectivity index (χ1) is 7.29. The van der Waals surface area contributed by atoms with Gasteiger partial charge in [-0.25, -0.2) is 0 Å². The van der Waals surface area contributed by atoms with Crippen LogP contribution in [-0.4, -0.2) is 4.98 Å². The van der Waals surface area contributed by atoms with Crippen molar-refractivity contribution in [2.24, 2.45) is 0 Å². The van der Waals surface area contributed by atoms with E-state index >= 15 is 0 Å². The summed E-state index contributed by atoms with van der Waals surface area (Å²) in [5.74, 6) is 0. The zero-order valence-electron chi connectivity index (χ0n) is 10.0. The zero-order valence-corrected chi connectivity index (χ0v) is 10.0. The van der Waals surface area contributed by atoms with E-state index in [9.17, 15) is 0 Å². The maximum atomic E-state index is 4.39. The lowest BCUT2D eigenvalue weighted by atomic mass is 10.1. The summed E-state index contributed by atoms with van der Waals surface area (Å²) in [6.45, 7) is 8.23. The highest BCUT2D eigenvalue weighted by Gasteiger charge is 1.95. The maximum absolute atomic E-state index is 4.39. The van der Waals surface area contributed by atoms with Gasteiger partial charge in [0.2, 0.25) is 0 Å². The number of aryl methyl sites for hydroxylation is 2. The fourth-order valence-electron chi connectivity index (χ4n) is 1.50. The van der Waals surface area contributed by atoms with Crippen LogP contribution in [0, 0.1) is 6.92 Å². The summed E-state index contributed by atoms with van der Waals surface area (Å²) in [4.78, 5) is 4.39. The third kappa shape index (κ3) is 2.79. The normalized spacial score (nSPS) is 9.60. The van der Waals surface area contributed by atoms with Crippen LogP contribution < -0.4 is 0 Å². The minimum absolute atomic E-state index is 1.07. The molecule has 0 aliphatic carbocycles. The molecular formula is C14H19N. The monoisotopic (exact) mass is 201 g/mol. The highest BCUT2D eigenvalue weighted by atomic mass is 14.6. The molecule has 80 valence electrons. The van der Waals surface area contributed by atoms with Crippen LogP contribution in [0.4, 0.5) is 0 Å². The Kier molecular flexibility index (Phi) is 4.29. The molecule has 1 heterocycles. The van der Waals surface area contributed by atoms with Crippen molar-refractivity contribution in [1.82, 2.24) is 4.98 Å². The maximum Gasteiger partial charge on any atom is 0.0704 e. The predicted octanol–water partition coefficient (Wildman–Crippen LogP) is 4.13. The van der Waals surface area contributed by atoms with Crippen molar-refractivity contribution in [2.75, 3.05) is 0 Å².